The summed E-state index contributed by atoms with van der Waals surface area (Å²) in [7, 11) is 0. The Kier molecular flexibility index (Phi) is 4.49. The highest BCUT2D eigenvalue weighted by atomic mass is 16.6. The van der Waals surface area contributed by atoms with Gasteiger partial charge in [-0.05, 0) is 23.3 Å². The van der Waals surface area contributed by atoms with E-state index in [0.717, 1.165) is 22.4 Å². The number of nitro benzene ring substituents is 1. The molecule has 2 N–H and O–H groups in total. The van der Waals surface area contributed by atoms with Crippen LogP contribution in [0, 0.1) is 10.1 Å². The van der Waals surface area contributed by atoms with Crippen LogP contribution in [0.3, 0.4) is 0 Å². The highest BCUT2D eigenvalue weighted by Crippen LogP contribution is 2.25. The quantitative estimate of drug-likeness (QED) is 0.550. The van der Waals surface area contributed by atoms with Gasteiger partial charge in [0.2, 0.25) is 0 Å². The third-order valence-electron chi connectivity index (χ3n) is 3.55. The Morgan fingerprint density at radius 3 is 2.50 bits per heavy atom. The third-order valence-corrected chi connectivity index (χ3v) is 3.55. The molecule has 0 radical (unpaired) electrons. The number of aliphatic hydroxyl groups is 1. The molecule has 0 unspecified atom stereocenters. The molecule has 0 saturated heterocycles. The number of non-ortho nitro benzene ring substituents is 1. The molecule has 0 atom stereocenters. The highest BCUT2D eigenvalue weighted by molar-refractivity contribution is 5.70. The SMILES string of the molecule is O=[N+]([O-])c1cccc(Nc2cncc(-c3ccc(CO)cc3)c2)c1. The van der Waals surface area contributed by atoms with E-state index in [0.29, 0.717) is 5.69 Å². The first-order valence-electron chi connectivity index (χ1n) is 7.32. The first-order chi connectivity index (χ1) is 11.7. The number of pyridine rings is 1. The van der Waals surface area contributed by atoms with E-state index in [4.69, 9.17) is 5.11 Å². The Labute approximate surface area is 138 Å². The molecule has 0 aliphatic rings. The summed E-state index contributed by atoms with van der Waals surface area (Å²) in [5.74, 6) is 0. The molecule has 0 fully saturated rings. The zero-order valence-electron chi connectivity index (χ0n) is 12.7. The van der Waals surface area contributed by atoms with E-state index in [1.54, 1.807) is 24.5 Å². The van der Waals surface area contributed by atoms with Gasteiger partial charge in [0.1, 0.15) is 0 Å². The molecule has 0 saturated carbocycles. The van der Waals surface area contributed by atoms with Gasteiger partial charge in [0.15, 0.2) is 0 Å². The first-order valence-corrected chi connectivity index (χ1v) is 7.32. The van der Waals surface area contributed by atoms with Gasteiger partial charge in [0.25, 0.3) is 5.69 Å². The largest absolute Gasteiger partial charge is 0.392 e. The molecule has 0 amide bonds. The second-order valence-electron chi connectivity index (χ2n) is 5.25. The van der Waals surface area contributed by atoms with Gasteiger partial charge in [-0.15, -0.1) is 0 Å². The van der Waals surface area contributed by atoms with Gasteiger partial charge < -0.3 is 10.4 Å². The Hall–Kier alpha value is -3.25. The number of hydrogen-bond acceptors (Lipinski definition) is 5. The van der Waals surface area contributed by atoms with Gasteiger partial charge in [-0.3, -0.25) is 15.1 Å². The van der Waals surface area contributed by atoms with Crippen LogP contribution in [0.4, 0.5) is 17.1 Å². The molecular formula is C18H15N3O3. The molecule has 0 aliphatic heterocycles. The molecule has 2 aromatic carbocycles. The molecular weight excluding hydrogens is 306 g/mol. The van der Waals surface area contributed by atoms with E-state index in [1.807, 2.05) is 30.3 Å². The summed E-state index contributed by atoms with van der Waals surface area (Å²) < 4.78 is 0. The fourth-order valence-electron chi connectivity index (χ4n) is 2.33. The van der Waals surface area contributed by atoms with Crippen molar-refractivity contribution >= 4 is 17.1 Å². The molecule has 0 spiro atoms. The monoisotopic (exact) mass is 321 g/mol. The number of aromatic nitrogens is 1. The average Bonchev–Trinajstić information content (AvgIpc) is 2.62. The fraction of sp³-hybridized carbons (Fsp3) is 0.0556. The molecule has 3 aromatic rings. The van der Waals surface area contributed by atoms with E-state index in [2.05, 4.69) is 10.3 Å². The zero-order valence-corrected chi connectivity index (χ0v) is 12.7. The van der Waals surface area contributed by atoms with Gasteiger partial charge in [-0.25, -0.2) is 0 Å². The van der Waals surface area contributed by atoms with E-state index in [1.165, 1.54) is 12.1 Å². The predicted octanol–water partition coefficient (Wildman–Crippen LogP) is 3.89. The second kappa shape index (κ2) is 6.89. The van der Waals surface area contributed by atoms with Gasteiger partial charge in [-0.2, -0.15) is 0 Å². The fourth-order valence-corrected chi connectivity index (χ4v) is 2.33. The third kappa shape index (κ3) is 3.56. The van der Waals surface area contributed by atoms with Gasteiger partial charge in [0.05, 0.1) is 23.4 Å². The van der Waals surface area contributed by atoms with Crippen LogP contribution in [0.2, 0.25) is 0 Å². The standard InChI is InChI=1S/C18H15N3O3/c22-12-13-4-6-14(7-5-13)15-8-17(11-19-10-15)20-16-2-1-3-18(9-16)21(23)24/h1-11,20,22H,12H2. The molecule has 120 valence electrons. The maximum absolute atomic E-state index is 10.8. The van der Waals surface area contributed by atoms with Crippen molar-refractivity contribution < 1.29 is 10.0 Å². The lowest BCUT2D eigenvalue weighted by Gasteiger charge is -2.08. The maximum Gasteiger partial charge on any atom is 0.271 e. The number of anilines is 2. The number of nitrogens with one attached hydrogen (secondary N) is 1. The minimum atomic E-state index is -0.428. The predicted molar refractivity (Wildman–Crippen MR) is 92.0 cm³/mol. The lowest BCUT2D eigenvalue weighted by atomic mass is 10.1. The zero-order chi connectivity index (χ0) is 16.9. The highest BCUT2D eigenvalue weighted by Gasteiger charge is 2.06. The van der Waals surface area contributed by atoms with Crippen LogP contribution >= 0.6 is 0 Å². The van der Waals surface area contributed by atoms with Crippen molar-refractivity contribution in [2.75, 3.05) is 5.32 Å². The number of nitrogens with zero attached hydrogens (tertiary/aromatic N) is 2. The number of hydrogen-bond donors (Lipinski definition) is 2. The van der Waals surface area contributed by atoms with Crippen LogP contribution in [0.1, 0.15) is 5.56 Å². The molecule has 1 heterocycles. The normalized spacial score (nSPS) is 10.4. The molecule has 6 heteroatoms. The number of nitro groups is 1. The van der Waals surface area contributed by atoms with Gasteiger partial charge in [0, 0.05) is 29.6 Å². The van der Waals surface area contributed by atoms with Crippen LogP contribution in [0.25, 0.3) is 11.1 Å². The molecule has 3 rings (SSSR count). The summed E-state index contributed by atoms with van der Waals surface area (Å²) in [6.45, 7) is 0.00686. The summed E-state index contributed by atoms with van der Waals surface area (Å²) >= 11 is 0. The van der Waals surface area contributed by atoms with Crippen LogP contribution in [-0.4, -0.2) is 15.0 Å². The Morgan fingerprint density at radius 1 is 1.00 bits per heavy atom. The van der Waals surface area contributed by atoms with Crippen LogP contribution in [0.5, 0.6) is 0 Å². The van der Waals surface area contributed by atoms with Crippen molar-refractivity contribution in [3.8, 4) is 11.1 Å². The smallest absolute Gasteiger partial charge is 0.271 e. The molecule has 0 bridgehead atoms. The number of rotatable bonds is 5. The van der Waals surface area contributed by atoms with Crippen molar-refractivity contribution in [1.82, 2.24) is 4.98 Å². The number of benzene rings is 2. The van der Waals surface area contributed by atoms with Crippen molar-refractivity contribution in [2.45, 2.75) is 6.61 Å². The number of aliphatic hydroxyl groups excluding tert-OH is 1. The van der Waals surface area contributed by atoms with Gasteiger partial charge in [-0.1, -0.05) is 30.3 Å². The van der Waals surface area contributed by atoms with E-state index in [-0.39, 0.29) is 12.3 Å². The van der Waals surface area contributed by atoms with E-state index < -0.39 is 4.92 Å². The summed E-state index contributed by atoms with van der Waals surface area (Å²) in [6, 6.07) is 15.8. The lowest BCUT2D eigenvalue weighted by molar-refractivity contribution is -0.384. The maximum atomic E-state index is 10.8. The second-order valence-corrected chi connectivity index (χ2v) is 5.25. The van der Waals surface area contributed by atoms with Gasteiger partial charge >= 0.3 is 0 Å². The minimum absolute atomic E-state index is 0.00686. The topological polar surface area (TPSA) is 88.3 Å². The molecule has 0 aliphatic carbocycles. The van der Waals surface area contributed by atoms with Crippen molar-refractivity contribution in [3.63, 3.8) is 0 Å². The van der Waals surface area contributed by atoms with E-state index >= 15 is 0 Å². The van der Waals surface area contributed by atoms with Crippen molar-refractivity contribution in [2.24, 2.45) is 0 Å². The van der Waals surface area contributed by atoms with Crippen molar-refractivity contribution in [1.29, 1.82) is 0 Å². The summed E-state index contributed by atoms with van der Waals surface area (Å²) in [5.41, 5.74) is 4.12. The van der Waals surface area contributed by atoms with Crippen LogP contribution < -0.4 is 5.32 Å². The Balaban J connectivity index is 1.85. The average molecular weight is 321 g/mol. The molecule has 6 nitrogen and oxygen atoms in total. The summed E-state index contributed by atoms with van der Waals surface area (Å²) in [4.78, 5) is 14.6. The minimum Gasteiger partial charge on any atom is -0.392 e. The Bertz CT molecular complexity index is 863. The van der Waals surface area contributed by atoms with Crippen LogP contribution in [0.15, 0.2) is 67.0 Å². The van der Waals surface area contributed by atoms with Crippen LogP contribution in [-0.2, 0) is 6.61 Å². The van der Waals surface area contributed by atoms with Crippen molar-refractivity contribution in [3.05, 3.63) is 82.7 Å². The molecule has 24 heavy (non-hydrogen) atoms. The van der Waals surface area contributed by atoms with E-state index in [9.17, 15) is 10.1 Å². The lowest BCUT2D eigenvalue weighted by Crippen LogP contribution is -1.94. The first kappa shape index (κ1) is 15.6. The summed E-state index contributed by atoms with van der Waals surface area (Å²) in [6.07, 6.45) is 3.40. The summed E-state index contributed by atoms with van der Waals surface area (Å²) in [5, 5.41) is 23.1. The Morgan fingerprint density at radius 2 is 1.79 bits per heavy atom. The molecule has 1 aromatic heterocycles.